The number of hydrogen-bond donors (Lipinski definition) is 0. The van der Waals surface area contributed by atoms with Crippen molar-refractivity contribution in [3.05, 3.63) is 29.3 Å². The average molecular weight is 184 g/mol. The van der Waals surface area contributed by atoms with Crippen LogP contribution in [0.5, 0.6) is 5.75 Å². The molecule has 1 aliphatic heterocycles. The van der Waals surface area contributed by atoms with Gasteiger partial charge in [0.1, 0.15) is 5.75 Å². The van der Waals surface area contributed by atoms with Crippen LogP contribution in [-0.2, 0) is 6.42 Å². The van der Waals surface area contributed by atoms with Gasteiger partial charge in [0.15, 0.2) is 6.61 Å². The quantitative estimate of drug-likeness (QED) is 0.602. The topological polar surface area (TPSA) is 9.23 Å². The van der Waals surface area contributed by atoms with E-state index in [-0.39, 0.29) is 6.42 Å². The molecule has 1 aromatic carbocycles. The molecule has 0 saturated carbocycles. The van der Waals surface area contributed by atoms with Crippen molar-refractivity contribution < 1.29 is 13.5 Å². The molecule has 0 saturated heterocycles. The van der Waals surface area contributed by atoms with Gasteiger partial charge in [0.25, 0.3) is 5.92 Å². The lowest BCUT2D eigenvalue weighted by molar-refractivity contribution is -0.0514. The fourth-order valence-corrected chi connectivity index (χ4v) is 1.50. The Balaban J connectivity index is 2.38. The number of alkyl halides is 2. The molecule has 0 atom stereocenters. The van der Waals surface area contributed by atoms with E-state index in [0.29, 0.717) is 11.3 Å². The summed E-state index contributed by atoms with van der Waals surface area (Å²) in [5.41, 5.74) is 1.59. The van der Waals surface area contributed by atoms with E-state index in [4.69, 9.17) is 4.74 Å². The summed E-state index contributed by atoms with van der Waals surface area (Å²) < 4.78 is 30.7. The molecule has 0 bridgehead atoms. The lowest BCUT2D eigenvalue weighted by Gasteiger charge is -2.25. The minimum atomic E-state index is -2.71. The number of ether oxygens (including phenoxy) is 1. The molecule has 0 N–H and O–H groups in total. The largest absolute Gasteiger partial charge is 0.487 e. The maximum Gasteiger partial charge on any atom is 0.285 e. The monoisotopic (exact) mass is 184 g/mol. The molecule has 1 heterocycles. The van der Waals surface area contributed by atoms with Gasteiger partial charge in [-0.15, -0.1) is 0 Å². The van der Waals surface area contributed by atoms with Crippen LogP contribution in [0.3, 0.4) is 0 Å². The molecule has 13 heavy (non-hydrogen) atoms. The van der Waals surface area contributed by atoms with Crippen LogP contribution in [0, 0.1) is 6.92 Å². The fourth-order valence-electron chi connectivity index (χ4n) is 1.50. The molecule has 3 heteroatoms. The van der Waals surface area contributed by atoms with Gasteiger partial charge in [0.05, 0.1) is 0 Å². The molecule has 0 spiro atoms. The van der Waals surface area contributed by atoms with Crippen LogP contribution in [0.2, 0.25) is 0 Å². The molecule has 1 nitrogen and oxygen atoms in total. The van der Waals surface area contributed by atoms with Crippen molar-refractivity contribution in [3.8, 4) is 5.75 Å². The highest BCUT2D eigenvalue weighted by Gasteiger charge is 2.35. The smallest absolute Gasteiger partial charge is 0.285 e. The summed E-state index contributed by atoms with van der Waals surface area (Å²) in [6, 6.07) is 5.37. The highest BCUT2D eigenvalue weighted by Crippen LogP contribution is 2.32. The van der Waals surface area contributed by atoms with Gasteiger partial charge in [0.2, 0.25) is 0 Å². The summed E-state index contributed by atoms with van der Waals surface area (Å²) in [5.74, 6) is -2.11. The number of rotatable bonds is 0. The summed E-state index contributed by atoms with van der Waals surface area (Å²) in [4.78, 5) is 0. The Morgan fingerprint density at radius 2 is 2.15 bits per heavy atom. The SMILES string of the molecule is Cc1ccc2c(c1)CC(F)(F)CO2. The first-order chi connectivity index (χ1) is 6.07. The first kappa shape index (κ1) is 8.48. The molecule has 1 aliphatic rings. The van der Waals surface area contributed by atoms with Gasteiger partial charge in [-0.25, -0.2) is 8.78 Å². The second-order valence-electron chi connectivity index (χ2n) is 3.43. The van der Waals surface area contributed by atoms with E-state index >= 15 is 0 Å². The average Bonchev–Trinajstić information content (AvgIpc) is 2.01. The lowest BCUT2D eigenvalue weighted by atomic mass is 10.0. The molecule has 0 unspecified atom stereocenters. The van der Waals surface area contributed by atoms with Gasteiger partial charge < -0.3 is 4.74 Å². The Bertz CT molecular complexity index is 334. The van der Waals surface area contributed by atoms with Crippen molar-refractivity contribution in [2.45, 2.75) is 19.3 Å². The van der Waals surface area contributed by atoms with E-state index in [0.717, 1.165) is 5.56 Å². The van der Waals surface area contributed by atoms with Crippen molar-refractivity contribution in [2.24, 2.45) is 0 Å². The zero-order valence-electron chi connectivity index (χ0n) is 7.31. The summed E-state index contributed by atoms with van der Waals surface area (Å²) in [6.07, 6.45) is -0.204. The molecule has 0 radical (unpaired) electrons. The summed E-state index contributed by atoms with van der Waals surface area (Å²) >= 11 is 0. The Hall–Kier alpha value is -1.12. The standard InChI is InChI=1S/C10H10F2O/c1-7-2-3-9-8(4-7)5-10(11,12)6-13-9/h2-4H,5-6H2,1H3. The zero-order chi connectivity index (χ0) is 9.47. The van der Waals surface area contributed by atoms with Crippen molar-refractivity contribution in [2.75, 3.05) is 6.61 Å². The maximum atomic E-state index is 12.9. The van der Waals surface area contributed by atoms with E-state index in [1.54, 1.807) is 12.1 Å². The molecular weight excluding hydrogens is 174 g/mol. The Kier molecular flexibility index (Phi) is 1.75. The fraction of sp³-hybridized carbons (Fsp3) is 0.400. The number of benzene rings is 1. The predicted octanol–water partition coefficient (Wildman–Crippen LogP) is 2.57. The van der Waals surface area contributed by atoms with Crippen molar-refractivity contribution in [1.82, 2.24) is 0 Å². The van der Waals surface area contributed by atoms with E-state index in [2.05, 4.69) is 0 Å². The van der Waals surface area contributed by atoms with Crippen LogP contribution in [0.15, 0.2) is 18.2 Å². The first-order valence-corrected chi connectivity index (χ1v) is 4.17. The van der Waals surface area contributed by atoms with Crippen LogP contribution < -0.4 is 4.74 Å². The summed E-state index contributed by atoms with van der Waals surface area (Å²) in [7, 11) is 0. The highest BCUT2D eigenvalue weighted by atomic mass is 19.3. The van der Waals surface area contributed by atoms with E-state index in [1.165, 1.54) is 0 Å². The molecule has 0 fully saturated rings. The number of halogens is 2. The van der Waals surface area contributed by atoms with Gasteiger partial charge in [-0.2, -0.15) is 0 Å². The minimum Gasteiger partial charge on any atom is -0.487 e. The van der Waals surface area contributed by atoms with Gasteiger partial charge >= 0.3 is 0 Å². The van der Waals surface area contributed by atoms with Gasteiger partial charge in [-0.3, -0.25) is 0 Å². The lowest BCUT2D eigenvalue weighted by Crippen LogP contribution is -2.32. The van der Waals surface area contributed by atoms with Gasteiger partial charge in [0, 0.05) is 12.0 Å². The Morgan fingerprint density at radius 1 is 1.38 bits per heavy atom. The molecule has 0 aromatic heterocycles. The second-order valence-corrected chi connectivity index (χ2v) is 3.43. The number of hydrogen-bond acceptors (Lipinski definition) is 1. The predicted molar refractivity (Wildman–Crippen MR) is 45.3 cm³/mol. The summed E-state index contributed by atoms with van der Waals surface area (Å²) in [6.45, 7) is 1.39. The van der Waals surface area contributed by atoms with Gasteiger partial charge in [-0.1, -0.05) is 17.7 Å². The normalized spacial score (nSPS) is 19.0. The Labute approximate surface area is 75.3 Å². The van der Waals surface area contributed by atoms with E-state index in [9.17, 15) is 8.78 Å². The molecule has 0 amide bonds. The van der Waals surface area contributed by atoms with Crippen LogP contribution in [-0.4, -0.2) is 12.5 Å². The maximum absolute atomic E-state index is 12.9. The third kappa shape index (κ3) is 1.64. The highest BCUT2D eigenvalue weighted by molar-refractivity contribution is 5.39. The third-order valence-electron chi connectivity index (χ3n) is 2.10. The molecule has 70 valence electrons. The number of fused-ring (bicyclic) bond motifs is 1. The van der Waals surface area contributed by atoms with Gasteiger partial charge in [-0.05, 0) is 13.0 Å². The van der Waals surface area contributed by atoms with Crippen molar-refractivity contribution >= 4 is 0 Å². The molecule has 1 aromatic rings. The molecule has 2 rings (SSSR count). The molecular formula is C10H10F2O. The molecule has 0 aliphatic carbocycles. The zero-order valence-corrected chi connectivity index (χ0v) is 7.31. The minimum absolute atomic E-state index is 0.204. The first-order valence-electron chi connectivity index (χ1n) is 4.17. The van der Waals surface area contributed by atoms with Crippen LogP contribution >= 0.6 is 0 Å². The van der Waals surface area contributed by atoms with Crippen LogP contribution in [0.4, 0.5) is 8.78 Å². The number of aryl methyl sites for hydroxylation is 1. The van der Waals surface area contributed by atoms with E-state index in [1.807, 2.05) is 13.0 Å². The second kappa shape index (κ2) is 2.69. The van der Waals surface area contributed by atoms with Crippen molar-refractivity contribution in [1.29, 1.82) is 0 Å². The summed E-state index contributed by atoms with van der Waals surface area (Å²) in [5, 5.41) is 0. The Morgan fingerprint density at radius 3 is 2.92 bits per heavy atom. The van der Waals surface area contributed by atoms with Crippen molar-refractivity contribution in [3.63, 3.8) is 0 Å². The van der Waals surface area contributed by atoms with Crippen LogP contribution in [0.1, 0.15) is 11.1 Å². The van der Waals surface area contributed by atoms with Crippen LogP contribution in [0.25, 0.3) is 0 Å². The van der Waals surface area contributed by atoms with E-state index < -0.39 is 12.5 Å². The third-order valence-corrected chi connectivity index (χ3v) is 2.10.